The maximum Gasteiger partial charge on any atom is 0.280 e. The second kappa shape index (κ2) is 9.36. The number of hydrogen-bond donors (Lipinski definition) is 1. The average Bonchev–Trinajstić information content (AvgIpc) is 3.49. The van der Waals surface area contributed by atoms with Gasteiger partial charge in [-0.1, -0.05) is 29.8 Å². The van der Waals surface area contributed by atoms with Crippen molar-refractivity contribution in [2.24, 2.45) is 0 Å². The van der Waals surface area contributed by atoms with Crippen LogP contribution in [0.1, 0.15) is 23.5 Å². The van der Waals surface area contributed by atoms with E-state index in [1.165, 1.54) is 6.07 Å². The Hall–Kier alpha value is -3.95. The molecule has 1 aliphatic rings. The zero-order valence-corrected chi connectivity index (χ0v) is 20.0. The summed E-state index contributed by atoms with van der Waals surface area (Å²) in [6.45, 7) is 0. The topological polar surface area (TPSA) is 93.7 Å². The van der Waals surface area contributed by atoms with Crippen LogP contribution in [0.25, 0.3) is 11.3 Å². The fourth-order valence-electron chi connectivity index (χ4n) is 4.22. The number of benzene rings is 2. The number of thiocarbonyl (C=S) groups is 1. The Kier molecular flexibility index (Phi) is 6.10. The number of halogens is 1. The summed E-state index contributed by atoms with van der Waals surface area (Å²) in [5.74, 6) is 1.49. The zero-order chi connectivity index (χ0) is 24.5. The van der Waals surface area contributed by atoms with E-state index in [-0.39, 0.29) is 11.7 Å². The van der Waals surface area contributed by atoms with Crippen LogP contribution in [-0.2, 0) is 0 Å². The van der Waals surface area contributed by atoms with E-state index in [1.54, 1.807) is 55.8 Å². The lowest BCUT2D eigenvalue weighted by atomic mass is 10.0. The number of methoxy groups -OCH3 is 1. The standard InChI is InChI=1S/C25H19ClN4O4S/c1-33-21-10-9-15(14-17(21)26)29-24(23(28-25(29)35)18-7-4-5-13-27-18)22-12-11-20(34-22)16-6-2-3-8-19(16)30(31)32/h2-14,23-24H,1H3,(H,28,35). The summed E-state index contributed by atoms with van der Waals surface area (Å²) in [7, 11) is 1.55. The molecule has 2 aromatic carbocycles. The molecule has 2 atom stereocenters. The fraction of sp³-hybridized carbons (Fsp3) is 0.120. The van der Waals surface area contributed by atoms with Gasteiger partial charge in [0.05, 0.1) is 34.4 Å². The van der Waals surface area contributed by atoms with Crippen molar-refractivity contribution < 1.29 is 14.1 Å². The Morgan fingerprint density at radius 2 is 1.94 bits per heavy atom. The summed E-state index contributed by atoms with van der Waals surface area (Å²) >= 11 is 12.1. The molecular weight excluding hydrogens is 488 g/mol. The summed E-state index contributed by atoms with van der Waals surface area (Å²) < 4.78 is 11.5. The van der Waals surface area contributed by atoms with Crippen molar-refractivity contribution in [2.75, 3.05) is 12.0 Å². The Labute approximate surface area is 211 Å². The van der Waals surface area contributed by atoms with Crippen LogP contribution < -0.4 is 15.0 Å². The Bertz CT molecular complexity index is 1410. The quantitative estimate of drug-likeness (QED) is 0.191. The number of nitro benzene ring substituents is 1. The normalized spacial score (nSPS) is 17.3. The van der Waals surface area contributed by atoms with Gasteiger partial charge in [-0.3, -0.25) is 15.1 Å². The summed E-state index contributed by atoms with van der Waals surface area (Å²) in [6, 6.07) is 20.3. The van der Waals surface area contributed by atoms with Crippen molar-refractivity contribution in [2.45, 2.75) is 12.1 Å². The maximum atomic E-state index is 11.6. The highest BCUT2D eigenvalue weighted by Crippen LogP contribution is 2.44. The molecule has 1 fully saturated rings. The summed E-state index contributed by atoms with van der Waals surface area (Å²) in [5, 5.41) is 15.8. The molecule has 3 heterocycles. The molecule has 4 aromatic rings. The third-order valence-electron chi connectivity index (χ3n) is 5.80. The Morgan fingerprint density at radius 3 is 2.66 bits per heavy atom. The summed E-state index contributed by atoms with van der Waals surface area (Å²) in [4.78, 5) is 17.6. The van der Waals surface area contributed by atoms with Crippen molar-refractivity contribution in [3.05, 3.63) is 106 Å². The Balaban J connectivity index is 1.62. The molecule has 0 spiro atoms. The van der Waals surface area contributed by atoms with Gasteiger partial charge in [0.15, 0.2) is 5.11 Å². The third-order valence-corrected chi connectivity index (χ3v) is 6.41. The van der Waals surface area contributed by atoms with Gasteiger partial charge in [-0.15, -0.1) is 0 Å². The minimum Gasteiger partial charge on any atom is -0.495 e. The van der Waals surface area contributed by atoms with Gasteiger partial charge in [-0.2, -0.15) is 0 Å². The first-order valence-corrected chi connectivity index (χ1v) is 11.4. The summed E-state index contributed by atoms with van der Waals surface area (Å²) in [5.41, 5.74) is 1.87. The van der Waals surface area contributed by atoms with Gasteiger partial charge >= 0.3 is 0 Å². The number of rotatable bonds is 6. The molecular formula is C25H19ClN4O4S. The van der Waals surface area contributed by atoms with Crippen molar-refractivity contribution in [1.82, 2.24) is 10.3 Å². The van der Waals surface area contributed by atoms with Crippen molar-refractivity contribution in [1.29, 1.82) is 0 Å². The van der Waals surface area contributed by atoms with Crippen LogP contribution >= 0.6 is 23.8 Å². The number of furan rings is 1. The molecule has 5 rings (SSSR count). The van der Waals surface area contributed by atoms with Gasteiger partial charge in [0.1, 0.15) is 23.3 Å². The SMILES string of the molecule is COc1ccc(N2C(=S)NC(c3ccccn3)C2c2ccc(-c3ccccc3[N+](=O)[O-])o2)cc1Cl. The van der Waals surface area contributed by atoms with E-state index in [2.05, 4.69) is 10.3 Å². The number of nitrogens with one attached hydrogen (secondary N) is 1. The predicted molar refractivity (Wildman–Crippen MR) is 137 cm³/mol. The average molecular weight is 507 g/mol. The first-order chi connectivity index (χ1) is 17.0. The van der Waals surface area contributed by atoms with Gasteiger partial charge in [-0.25, -0.2) is 0 Å². The van der Waals surface area contributed by atoms with Gasteiger partial charge in [0.2, 0.25) is 0 Å². The number of ether oxygens (including phenoxy) is 1. The maximum absolute atomic E-state index is 11.6. The lowest BCUT2D eigenvalue weighted by Crippen LogP contribution is -2.29. The lowest BCUT2D eigenvalue weighted by molar-refractivity contribution is -0.384. The molecule has 0 bridgehead atoms. The lowest BCUT2D eigenvalue weighted by Gasteiger charge is -2.26. The molecule has 0 saturated carbocycles. The highest BCUT2D eigenvalue weighted by Gasteiger charge is 2.43. The van der Waals surface area contributed by atoms with Crippen LogP contribution in [0, 0.1) is 10.1 Å². The Morgan fingerprint density at radius 1 is 1.14 bits per heavy atom. The largest absolute Gasteiger partial charge is 0.495 e. The monoisotopic (exact) mass is 506 g/mol. The van der Waals surface area contributed by atoms with Gasteiger partial charge in [-0.05, 0) is 60.7 Å². The van der Waals surface area contributed by atoms with E-state index < -0.39 is 11.0 Å². The van der Waals surface area contributed by atoms with Gasteiger partial charge in [0.25, 0.3) is 5.69 Å². The number of anilines is 1. The van der Waals surface area contributed by atoms with E-state index in [9.17, 15) is 10.1 Å². The second-order valence-electron chi connectivity index (χ2n) is 7.79. The van der Waals surface area contributed by atoms with Crippen molar-refractivity contribution >= 4 is 40.3 Å². The molecule has 1 N–H and O–H groups in total. The van der Waals surface area contributed by atoms with Crippen LogP contribution in [0.2, 0.25) is 5.02 Å². The second-order valence-corrected chi connectivity index (χ2v) is 8.59. The van der Waals surface area contributed by atoms with Gasteiger partial charge in [0, 0.05) is 18.0 Å². The molecule has 35 heavy (non-hydrogen) atoms. The molecule has 1 saturated heterocycles. The van der Waals surface area contributed by atoms with Crippen LogP contribution in [0.4, 0.5) is 11.4 Å². The first-order valence-electron chi connectivity index (χ1n) is 10.7. The minimum atomic E-state index is -0.432. The summed E-state index contributed by atoms with van der Waals surface area (Å²) in [6.07, 6.45) is 1.71. The van der Waals surface area contributed by atoms with Crippen LogP contribution in [0.3, 0.4) is 0 Å². The van der Waals surface area contributed by atoms with E-state index in [1.807, 2.05) is 29.2 Å². The first kappa shape index (κ1) is 22.8. The molecule has 176 valence electrons. The number of nitro groups is 1. The van der Waals surface area contributed by atoms with E-state index >= 15 is 0 Å². The van der Waals surface area contributed by atoms with Crippen molar-refractivity contribution in [3.8, 4) is 17.1 Å². The van der Waals surface area contributed by atoms with E-state index in [4.69, 9.17) is 33.0 Å². The predicted octanol–water partition coefficient (Wildman–Crippen LogP) is 6.09. The molecule has 0 radical (unpaired) electrons. The minimum absolute atomic E-state index is 0.0338. The number of nitrogens with zero attached hydrogens (tertiary/aromatic N) is 3. The highest BCUT2D eigenvalue weighted by atomic mass is 35.5. The molecule has 0 aliphatic carbocycles. The third kappa shape index (κ3) is 4.20. The number of pyridine rings is 1. The smallest absolute Gasteiger partial charge is 0.280 e. The number of para-hydroxylation sites is 1. The van der Waals surface area contributed by atoms with E-state index in [0.717, 1.165) is 11.4 Å². The molecule has 1 aliphatic heterocycles. The van der Waals surface area contributed by atoms with Gasteiger partial charge < -0.3 is 19.4 Å². The highest BCUT2D eigenvalue weighted by molar-refractivity contribution is 7.80. The molecule has 10 heteroatoms. The number of hydrogen-bond acceptors (Lipinski definition) is 6. The van der Waals surface area contributed by atoms with Crippen molar-refractivity contribution in [3.63, 3.8) is 0 Å². The van der Waals surface area contributed by atoms with Crippen LogP contribution in [0.5, 0.6) is 5.75 Å². The van der Waals surface area contributed by atoms with E-state index in [0.29, 0.717) is 33.0 Å². The molecule has 2 aromatic heterocycles. The molecule has 0 amide bonds. The number of aromatic nitrogens is 1. The van der Waals surface area contributed by atoms with Crippen LogP contribution in [0.15, 0.2) is 83.4 Å². The fourth-order valence-corrected chi connectivity index (χ4v) is 4.82. The zero-order valence-electron chi connectivity index (χ0n) is 18.4. The molecule has 8 nitrogen and oxygen atoms in total. The molecule has 2 unspecified atom stereocenters. The van der Waals surface area contributed by atoms with Crippen LogP contribution in [-0.4, -0.2) is 22.1 Å².